The maximum absolute atomic E-state index is 11.5. The van der Waals surface area contributed by atoms with Gasteiger partial charge in [0.2, 0.25) is 5.91 Å². The van der Waals surface area contributed by atoms with E-state index in [1.807, 2.05) is 16.7 Å². The molecule has 74 valence electrons. The van der Waals surface area contributed by atoms with E-state index >= 15 is 0 Å². The maximum atomic E-state index is 11.5. The highest BCUT2D eigenvalue weighted by atomic mass is 32.2. The van der Waals surface area contributed by atoms with Gasteiger partial charge in [-0.05, 0) is 25.5 Å². The van der Waals surface area contributed by atoms with E-state index in [0.717, 1.165) is 18.7 Å². The second-order valence-electron chi connectivity index (χ2n) is 3.68. The van der Waals surface area contributed by atoms with Crippen LogP contribution in [0.3, 0.4) is 0 Å². The molecule has 0 aromatic heterocycles. The number of carbonyl (C=O) groups excluding carboxylic acids is 1. The van der Waals surface area contributed by atoms with Crippen molar-refractivity contribution in [2.24, 2.45) is 0 Å². The fourth-order valence-electron chi connectivity index (χ4n) is 2.28. The fraction of sp³-hybridized carbons (Fsp3) is 0.889. The molecule has 1 N–H and O–H groups in total. The van der Waals surface area contributed by atoms with Crippen LogP contribution in [0.25, 0.3) is 0 Å². The van der Waals surface area contributed by atoms with Crippen molar-refractivity contribution in [3.8, 4) is 0 Å². The van der Waals surface area contributed by atoms with Gasteiger partial charge in [-0.3, -0.25) is 10.1 Å². The van der Waals surface area contributed by atoms with Gasteiger partial charge < -0.3 is 4.90 Å². The number of likely N-dealkylation sites (N-methyl/N-ethyl adjacent to an activating group) is 1. The Hall–Kier alpha value is -0.220. The minimum Gasteiger partial charge on any atom is -0.323 e. The molecular weight excluding hydrogens is 184 g/mol. The van der Waals surface area contributed by atoms with Crippen molar-refractivity contribution >= 4 is 17.7 Å². The van der Waals surface area contributed by atoms with Crippen molar-refractivity contribution in [3.63, 3.8) is 0 Å². The first kappa shape index (κ1) is 9.34. The van der Waals surface area contributed by atoms with Crippen molar-refractivity contribution in [1.29, 1.82) is 0 Å². The van der Waals surface area contributed by atoms with Crippen molar-refractivity contribution in [1.82, 2.24) is 10.2 Å². The van der Waals surface area contributed by atoms with Crippen LogP contribution in [-0.4, -0.2) is 41.1 Å². The molecule has 0 aromatic carbocycles. The minimum absolute atomic E-state index is 0.00868. The quantitative estimate of drug-likeness (QED) is 0.675. The number of nitrogens with one attached hydrogen (secondary N) is 1. The van der Waals surface area contributed by atoms with Gasteiger partial charge in [-0.1, -0.05) is 0 Å². The molecule has 2 aliphatic rings. The number of hydrogen-bond donors (Lipinski definition) is 1. The summed E-state index contributed by atoms with van der Waals surface area (Å²) in [5, 5.41) is 3.38. The average Bonchev–Trinajstić information content (AvgIpc) is 2.45. The molecule has 0 bridgehead atoms. The van der Waals surface area contributed by atoms with Crippen LogP contribution >= 0.6 is 11.8 Å². The van der Waals surface area contributed by atoms with Crippen LogP contribution in [0.1, 0.15) is 19.8 Å². The number of thioether (sulfide) groups is 1. The zero-order valence-electron chi connectivity index (χ0n) is 8.01. The summed E-state index contributed by atoms with van der Waals surface area (Å²) >= 11 is 1.96. The van der Waals surface area contributed by atoms with Crippen molar-refractivity contribution in [3.05, 3.63) is 0 Å². The molecular formula is C9H16N2OS. The average molecular weight is 200 g/mol. The van der Waals surface area contributed by atoms with E-state index in [1.165, 1.54) is 12.2 Å². The topological polar surface area (TPSA) is 32.3 Å². The van der Waals surface area contributed by atoms with E-state index in [4.69, 9.17) is 0 Å². The van der Waals surface area contributed by atoms with Crippen LogP contribution in [0.15, 0.2) is 0 Å². The molecule has 1 spiro atoms. The van der Waals surface area contributed by atoms with Gasteiger partial charge in [0.25, 0.3) is 0 Å². The third-order valence-corrected chi connectivity index (χ3v) is 4.18. The summed E-state index contributed by atoms with van der Waals surface area (Å²) in [4.78, 5) is 13.5. The normalized spacial score (nSPS) is 34.5. The van der Waals surface area contributed by atoms with Crippen molar-refractivity contribution in [2.75, 3.05) is 24.6 Å². The smallest absolute Gasteiger partial charge is 0.238 e. The lowest BCUT2D eigenvalue weighted by Crippen LogP contribution is -2.55. The van der Waals surface area contributed by atoms with Gasteiger partial charge in [-0.15, -0.1) is 0 Å². The molecule has 1 amide bonds. The van der Waals surface area contributed by atoms with E-state index in [1.54, 1.807) is 0 Å². The minimum atomic E-state index is 0.00868. The zero-order valence-corrected chi connectivity index (χ0v) is 8.82. The first-order chi connectivity index (χ1) is 6.28. The molecule has 3 nitrogen and oxygen atoms in total. The van der Waals surface area contributed by atoms with E-state index in [9.17, 15) is 4.79 Å². The van der Waals surface area contributed by atoms with Crippen LogP contribution < -0.4 is 5.32 Å². The third kappa shape index (κ3) is 1.46. The molecule has 4 heteroatoms. The van der Waals surface area contributed by atoms with E-state index in [0.29, 0.717) is 6.54 Å². The maximum Gasteiger partial charge on any atom is 0.238 e. The molecule has 2 saturated heterocycles. The first-order valence-corrected chi connectivity index (χ1v) is 6.07. The Morgan fingerprint density at radius 2 is 2.54 bits per heavy atom. The Morgan fingerprint density at radius 3 is 3.15 bits per heavy atom. The summed E-state index contributed by atoms with van der Waals surface area (Å²) in [7, 11) is 0. The molecule has 1 atom stereocenters. The largest absolute Gasteiger partial charge is 0.323 e. The van der Waals surface area contributed by atoms with Gasteiger partial charge in [-0.25, -0.2) is 0 Å². The van der Waals surface area contributed by atoms with Crippen LogP contribution in [0, 0.1) is 0 Å². The molecule has 2 fully saturated rings. The van der Waals surface area contributed by atoms with Crippen molar-refractivity contribution in [2.45, 2.75) is 25.4 Å². The highest BCUT2D eigenvalue weighted by Gasteiger charge is 2.44. The Kier molecular flexibility index (Phi) is 2.51. The Labute approximate surface area is 83.2 Å². The van der Waals surface area contributed by atoms with Gasteiger partial charge >= 0.3 is 0 Å². The highest BCUT2D eigenvalue weighted by Crippen LogP contribution is 2.32. The third-order valence-electron chi connectivity index (χ3n) is 2.92. The number of hydrogen-bond acceptors (Lipinski definition) is 3. The van der Waals surface area contributed by atoms with E-state index in [-0.39, 0.29) is 11.6 Å². The molecule has 2 rings (SSSR count). The van der Waals surface area contributed by atoms with Crippen molar-refractivity contribution < 1.29 is 4.79 Å². The summed E-state index contributed by atoms with van der Waals surface area (Å²) in [6.45, 7) is 3.44. The molecule has 2 heterocycles. The van der Waals surface area contributed by atoms with Crippen LogP contribution in [0.5, 0.6) is 0 Å². The van der Waals surface area contributed by atoms with Gasteiger partial charge in [0.05, 0.1) is 6.54 Å². The molecule has 0 saturated carbocycles. The predicted octanol–water partition coefficient (Wildman–Crippen LogP) is 0.661. The van der Waals surface area contributed by atoms with Crippen LogP contribution in [0.4, 0.5) is 0 Å². The van der Waals surface area contributed by atoms with Gasteiger partial charge in [0.15, 0.2) is 0 Å². The number of nitrogens with zero attached hydrogens (tertiary/aromatic N) is 1. The summed E-state index contributed by atoms with van der Waals surface area (Å²) in [6, 6.07) is 0. The summed E-state index contributed by atoms with van der Waals surface area (Å²) in [6.07, 6.45) is 2.35. The van der Waals surface area contributed by atoms with Gasteiger partial charge in [-0.2, -0.15) is 11.8 Å². The summed E-state index contributed by atoms with van der Waals surface area (Å²) in [5.41, 5.74) is 0.00868. The number of amides is 1. The molecule has 0 aromatic rings. The summed E-state index contributed by atoms with van der Waals surface area (Å²) in [5.74, 6) is 2.58. The lowest BCUT2D eigenvalue weighted by atomic mass is 10.1. The summed E-state index contributed by atoms with van der Waals surface area (Å²) < 4.78 is 0. The number of rotatable bonds is 1. The molecule has 0 aliphatic carbocycles. The fourth-order valence-corrected chi connectivity index (χ4v) is 3.51. The van der Waals surface area contributed by atoms with Gasteiger partial charge in [0, 0.05) is 12.3 Å². The molecule has 0 radical (unpaired) electrons. The second kappa shape index (κ2) is 3.50. The Bertz CT molecular complexity index is 214. The standard InChI is InChI=1S/C9H16N2OS/c1-2-11-8(12)6-10-9(11)4-3-5-13-7-9/h10H,2-7H2,1H3. The van der Waals surface area contributed by atoms with Gasteiger partial charge in [0.1, 0.15) is 5.66 Å². The lowest BCUT2D eigenvalue weighted by molar-refractivity contribution is -0.129. The van der Waals surface area contributed by atoms with E-state index in [2.05, 4.69) is 12.2 Å². The molecule has 2 aliphatic heterocycles. The van der Waals surface area contributed by atoms with E-state index < -0.39 is 0 Å². The molecule has 13 heavy (non-hydrogen) atoms. The lowest BCUT2D eigenvalue weighted by Gasteiger charge is -2.40. The Morgan fingerprint density at radius 1 is 1.69 bits per heavy atom. The number of carbonyl (C=O) groups is 1. The first-order valence-electron chi connectivity index (χ1n) is 4.92. The van der Waals surface area contributed by atoms with Crippen LogP contribution in [0.2, 0.25) is 0 Å². The predicted molar refractivity (Wildman–Crippen MR) is 54.7 cm³/mol. The highest BCUT2D eigenvalue weighted by molar-refractivity contribution is 7.99. The van der Waals surface area contributed by atoms with Crippen LogP contribution in [-0.2, 0) is 4.79 Å². The Balaban J connectivity index is 2.15. The SMILES string of the molecule is CCN1C(=O)CNC12CCCSC2. The monoisotopic (exact) mass is 200 g/mol. The second-order valence-corrected chi connectivity index (χ2v) is 4.78. The zero-order chi connectivity index (χ0) is 9.31. The molecule has 1 unspecified atom stereocenters.